The maximum atomic E-state index is 12.8. The summed E-state index contributed by atoms with van der Waals surface area (Å²) >= 11 is 0. The molecule has 3 nitrogen and oxygen atoms in total. The number of hydrogen-bond donors (Lipinski definition) is 1. The Labute approximate surface area is 122 Å². The van der Waals surface area contributed by atoms with E-state index in [1.165, 1.54) is 32.1 Å². The summed E-state index contributed by atoms with van der Waals surface area (Å²) < 4.78 is 0. The molecule has 0 aromatic rings. The van der Waals surface area contributed by atoms with Crippen molar-refractivity contribution in [3.63, 3.8) is 0 Å². The molecule has 0 radical (unpaired) electrons. The first-order valence-electron chi connectivity index (χ1n) is 8.39. The molecule has 1 heterocycles. The van der Waals surface area contributed by atoms with Gasteiger partial charge in [-0.25, -0.2) is 0 Å². The minimum Gasteiger partial charge on any atom is -0.394 e. The molecule has 20 heavy (non-hydrogen) atoms. The number of carbonyl (C=O) groups excluding carboxylic acids is 1. The van der Waals surface area contributed by atoms with Crippen molar-refractivity contribution >= 4 is 5.91 Å². The Bertz CT molecular complexity index is 386. The van der Waals surface area contributed by atoms with Crippen LogP contribution < -0.4 is 0 Å². The van der Waals surface area contributed by atoms with Gasteiger partial charge < -0.3 is 10.0 Å². The molecule has 0 spiro atoms. The second-order valence-electron chi connectivity index (χ2n) is 7.88. The van der Waals surface area contributed by atoms with E-state index in [2.05, 4.69) is 20.8 Å². The average Bonchev–Trinajstić information content (AvgIpc) is 2.85. The fraction of sp³-hybridized carbons (Fsp3) is 0.941. The van der Waals surface area contributed by atoms with Crippen molar-refractivity contribution in [1.29, 1.82) is 0 Å². The number of aliphatic hydroxyl groups excluding tert-OH is 1. The van der Waals surface area contributed by atoms with Gasteiger partial charge in [0.2, 0.25) is 5.91 Å². The van der Waals surface area contributed by atoms with Crippen molar-refractivity contribution in [3.05, 3.63) is 0 Å². The number of amides is 1. The average molecular weight is 279 g/mol. The number of carbonyl (C=O) groups is 1. The number of likely N-dealkylation sites (tertiary alicyclic amines) is 1. The molecule has 0 bridgehead atoms. The van der Waals surface area contributed by atoms with Crippen LogP contribution in [0.2, 0.25) is 0 Å². The predicted molar refractivity (Wildman–Crippen MR) is 79.1 cm³/mol. The lowest BCUT2D eigenvalue weighted by atomic mass is 9.80. The Hall–Kier alpha value is -0.570. The zero-order chi connectivity index (χ0) is 14.5. The zero-order valence-corrected chi connectivity index (χ0v) is 13.1. The Morgan fingerprint density at radius 2 is 1.95 bits per heavy atom. The number of nitrogens with zero attached hydrogens (tertiary/aromatic N) is 1. The summed E-state index contributed by atoms with van der Waals surface area (Å²) in [6.45, 7) is 7.67. The van der Waals surface area contributed by atoms with Crippen LogP contribution >= 0.6 is 0 Å². The Morgan fingerprint density at radius 1 is 1.30 bits per heavy atom. The Morgan fingerprint density at radius 3 is 2.55 bits per heavy atom. The molecule has 3 aliphatic rings. The van der Waals surface area contributed by atoms with Crippen LogP contribution in [-0.2, 0) is 4.79 Å². The van der Waals surface area contributed by atoms with Crippen molar-refractivity contribution in [2.75, 3.05) is 13.2 Å². The number of aliphatic hydroxyl groups is 1. The maximum Gasteiger partial charge on any atom is 0.226 e. The zero-order valence-electron chi connectivity index (χ0n) is 13.1. The first-order valence-corrected chi connectivity index (χ1v) is 8.39. The van der Waals surface area contributed by atoms with E-state index in [1.54, 1.807) is 0 Å². The third-order valence-corrected chi connectivity index (χ3v) is 6.56. The summed E-state index contributed by atoms with van der Waals surface area (Å²) in [6, 6.07) is 0.0774. The van der Waals surface area contributed by atoms with Gasteiger partial charge in [-0.05, 0) is 36.0 Å². The standard InChI is InChI=1S/C17H29NO2/c1-11(12-7-5-4-6-8-12)16(20)18-9-13-15(14(18)10-19)17(13,2)3/h11-15,19H,4-10H2,1-3H3/t11-,13?,14+,15-/m0/s1. The van der Waals surface area contributed by atoms with Gasteiger partial charge in [0.05, 0.1) is 12.6 Å². The molecule has 3 heteroatoms. The number of rotatable bonds is 3. The third kappa shape index (κ3) is 2.09. The van der Waals surface area contributed by atoms with Crippen LogP contribution in [0, 0.1) is 29.1 Å². The number of hydrogen-bond acceptors (Lipinski definition) is 2. The summed E-state index contributed by atoms with van der Waals surface area (Å²) in [5, 5.41) is 9.71. The lowest BCUT2D eigenvalue weighted by Crippen LogP contribution is -2.46. The molecule has 114 valence electrons. The van der Waals surface area contributed by atoms with Crippen molar-refractivity contribution in [3.8, 4) is 0 Å². The Balaban J connectivity index is 1.65. The molecule has 0 aromatic heterocycles. The number of fused-ring (bicyclic) bond motifs is 1. The molecule has 1 aliphatic heterocycles. The van der Waals surface area contributed by atoms with Gasteiger partial charge in [-0.1, -0.05) is 40.0 Å². The second-order valence-corrected chi connectivity index (χ2v) is 7.88. The quantitative estimate of drug-likeness (QED) is 0.863. The van der Waals surface area contributed by atoms with E-state index in [0.29, 0.717) is 29.1 Å². The van der Waals surface area contributed by atoms with E-state index in [4.69, 9.17) is 0 Å². The highest BCUT2D eigenvalue weighted by atomic mass is 16.3. The monoisotopic (exact) mass is 279 g/mol. The van der Waals surface area contributed by atoms with Crippen LogP contribution in [-0.4, -0.2) is 35.1 Å². The molecular formula is C17H29NO2. The molecule has 4 atom stereocenters. The molecular weight excluding hydrogens is 250 g/mol. The minimum absolute atomic E-state index is 0.0774. The molecule has 2 aliphatic carbocycles. The van der Waals surface area contributed by atoms with Crippen LogP contribution in [0.4, 0.5) is 0 Å². The summed E-state index contributed by atoms with van der Waals surface area (Å²) in [6.07, 6.45) is 6.32. The van der Waals surface area contributed by atoms with Gasteiger partial charge in [0.1, 0.15) is 0 Å². The smallest absolute Gasteiger partial charge is 0.226 e. The highest BCUT2D eigenvalue weighted by Gasteiger charge is 2.67. The van der Waals surface area contributed by atoms with E-state index in [0.717, 1.165) is 6.54 Å². The van der Waals surface area contributed by atoms with E-state index >= 15 is 0 Å². The van der Waals surface area contributed by atoms with Crippen LogP contribution in [0.15, 0.2) is 0 Å². The van der Waals surface area contributed by atoms with E-state index in [1.807, 2.05) is 4.90 Å². The van der Waals surface area contributed by atoms with Gasteiger partial charge in [0, 0.05) is 12.5 Å². The lowest BCUT2D eigenvalue weighted by Gasteiger charge is -2.35. The van der Waals surface area contributed by atoms with Crippen molar-refractivity contribution in [2.24, 2.45) is 29.1 Å². The van der Waals surface area contributed by atoms with E-state index < -0.39 is 0 Å². The fourth-order valence-electron chi connectivity index (χ4n) is 5.00. The van der Waals surface area contributed by atoms with Gasteiger partial charge in [0.15, 0.2) is 0 Å². The van der Waals surface area contributed by atoms with Gasteiger partial charge in [-0.3, -0.25) is 4.79 Å². The molecule has 2 saturated carbocycles. The highest BCUT2D eigenvalue weighted by molar-refractivity contribution is 5.80. The van der Waals surface area contributed by atoms with Crippen LogP contribution in [0.5, 0.6) is 0 Å². The molecule has 1 amide bonds. The fourth-order valence-corrected chi connectivity index (χ4v) is 5.00. The molecule has 0 aromatic carbocycles. The first-order chi connectivity index (χ1) is 9.48. The van der Waals surface area contributed by atoms with Crippen molar-refractivity contribution < 1.29 is 9.90 Å². The maximum absolute atomic E-state index is 12.8. The van der Waals surface area contributed by atoms with Crippen LogP contribution in [0.3, 0.4) is 0 Å². The number of piperidine rings is 1. The van der Waals surface area contributed by atoms with Crippen LogP contribution in [0.1, 0.15) is 52.9 Å². The largest absolute Gasteiger partial charge is 0.394 e. The summed E-state index contributed by atoms with van der Waals surface area (Å²) in [5.41, 5.74) is 0.332. The first kappa shape index (κ1) is 14.4. The molecule has 3 rings (SSSR count). The van der Waals surface area contributed by atoms with Gasteiger partial charge in [-0.15, -0.1) is 0 Å². The summed E-state index contributed by atoms with van der Waals surface area (Å²) in [5.74, 6) is 2.15. The van der Waals surface area contributed by atoms with Gasteiger partial charge in [-0.2, -0.15) is 0 Å². The summed E-state index contributed by atoms with van der Waals surface area (Å²) in [7, 11) is 0. The van der Waals surface area contributed by atoms with E-state index in [9.17, 15) is 9.90 Å². The topological polar surface area (TPSA) is 40.5 Å². The molecule has 1 N–H and O–H groups in total. The Kier molecular flexibility index (Phi) is 3.60. The molecule has 1 saturated heterocycles. The van der Waals surface area contributed by atoms with Crippen LogP contribution in [0.25, 0.3) is 0 Å². The minimum atomic E-state index is 0.0774. The molecule has 1 unspecified atom stereocenters. The third-order valence-electron chi connectivity index (χ3n) is 6.56. The van der Waals surface area contributed by atoms with Gasteiger partial charge in [0.25, 0.3) is 0 Å². The lowest BCUT2D eigenvalue weighted by molar-refractivity contribution is -0.140. The SMILES string of the molecule is C[C@H](C(=O)N1CC2[C@@H]([C@H]1CO)C2(C)C)C1CCCCC1. The normalized spacial score (nSPS) is 37.6. The highest BCUT2D eigenvalue weighted by Crippen LogP contribution is 2.64. The van der Waals surface area contributed by atoms with Crippen molar-refractivity contribution in [1.82, 2.24) is 4.90 Å². The summed E-state index contributed by atoms with van der Waals surface area (Å²) in [4.78, 5) is 14.8. The second kappa shape index (κ2) is 5.01. The molecule has 3 fully saturated rings. The van der Waals surface area contributed by atoms with Crippen molar-refractivity contribution in [2.45, 2.75) is 58.9 Å². The van der Waals surface area contributed by atoms with E-state index in [-0.39, 0.29) is 18.6 Å². The predicted octanol–water partition coefficient (Wildman–Crippen LogP) is 2.68. The van der Waals surface area contributed by atoms with Gasteiger partial charge >= 0.3 is 0 Å².